The normalized spacial score (nSPS) is 12.8. The monoisotopic (exact) mass is 267 g/mol. The van der Waals surface area contributed by atoms with Crippen molar-refractivity contribution >= 4 is 11.6 Å². The SMILES string of the molecule is Cc1oc(C)c(C(N)c2cc(F)ccc2Cl)c1C. The Balaban J connectivity index is 2.54. The quantitative estimate of drug-likeness (QED) is 0.892. The molecule has 0 saturated heterocycles. The molecule has 1 aromatic carbocycles. The van der Waals surface area contributed by atoms with Crippen LogP contribution in [0.25, 0.3) is 0 Å². The molecule has 2 aromatic rings. The van der Waals surface area contributed by atoms with Crippen molar-refractivity contribution in [2.24, 2.45) is 5.73 Å². The highest BCUT2D eigenvalue weighted by atomic mass is 35.5. The Bertz CT molecular complexity index is 592. The van der Waals surface area contributed by atoms with Gasteiger partial charge in [-0.25, -0.2) is 4.39 Å². The fraction of sp³-hybridized carbons (Fsp3) is 0.286. The zero-order chi connectivity index (χ0) is 13.4. The minimum Gasteiger partial charge on any atom is -0.466 e. The van der Waals surface area contributed by atoms with Crippen LogP contribution < -0.4 is 5.73 Å². The van der Waals surface area contributed by atoms with E-state index in [0.717, 1.165) is 22.6 Å². The average Bonchev–Trinajstić information content (AvgIpc) is 2.56. The largest absolute Gasteiger partial charge is 0.466 e. The van der Waals surface area contributed by atoms with Gasteiger partial charge in [-0.1, -0.05) is 11.6 Å². The molecule has 0 aliphatic carbocycles. The third-order valence-corrected chi connectivity index (χ3v) is 3.57. The van der Waals surface area contributed by atoms with Gasteiger partial charge < -0.3 is 10.2 Å². The van der Waals surface area contributed by atoms with E-state index in [2.05, 4.69) is 0 Å². The van der Waals surface area contributed by atoms with E-state index < -0.39 is 6.04 Å². The summed E-state index contributed by atoms with van der Waals surface area (Å²) in [4.78, 5) is 0. The van der Waals surface area contributed by atoms with E-state index in [9.17, 15) is 4.39 Å². The van der Waals surface area contributed by atoms with Crippen molar-refractivity contribution in [3.8, 4) is 0 Å². The Hall–Kier alpha value is -1.32. The lowest BCUT2D eigenvalue weighted by atomic mass is 9.96. The van der Waals surface area contributed by atoms with Crippen molar-refractivity contribution < 1.29 is 8.81 Å². The first-order chi connectivity index (χ1) is 8.41. The van der Waals surface area contributed by atoms with Crippen molar-refractivity contribution in [3.05, 3.63) is 57.2 Å². The Kier molecular flexibility index (Phi) is 3.46. The summed E-state index contributed by atoms with van der Waals surface area (Å²) in [6, 6.07) is 3.72. The third-order valence-electron chi connectivity index (χ3n) is 3.22. The van der Waals surface area contributed by atoms with Gasteiger partial charge in [-0.15, -0.1) is 0 Å². The van der Waals surface area contributed by atoms with Crippen molar-refractivity contribution in [2.45, 2.75) is 26.8 Å². The molecular formula is C14H15ClFNO. The van der Waals surface area contributed by atoms with Gasteiger partial charge in [-0.05, 0) is 50.1 Å². The molecule has 1 heterocycles. The molecule has 0 fully saturated rings. The van der Waals surface area contributed by atoms with Crippen LogP contribution in [0, 0.1) is 26.6 Å². The minimum atomic E-state index is -0.481. The molecule has 2 nitrogen and oxygen atoms in total. The predicted octanol–water partition coefficient (Wildman–Crippen LogP) is 4.05. The van der Waals surface area contributed by atoms with Gasteiger partial charge in [-0.2, -0.15) is 0 Å². The second kappa shape index (κ2) is 4.75. The molecule has 1 unspecified atom stereocenters. The molecule has 4 heteroatoms. The van der Waals surface area contributed by atoms with Gasteiger partial charge in [0.05, 0.1) is 6.04 Å². The molecule has 0 amide bonds. The molecule has 18 heavy (non-hydrogen) atoms. The van der Waals surface area contributed by atoms with Crippen molar-refractivity contribution in [1.82, 2.24) is 0 Å². The molecule has 2 N–H and O–H groups in total. The number of halogens is 2. The van der Waals surface area contributed by atoms with E-state index in [0.29, 0.717) is 10.6 Å². The standard InChI is InChI=1S/C14H15ClFNO/c1-7-8(2)18-9(3)13(7)14(17)11-6-10(16)4-5-12(11)15/h4-6,14H,17H2,1-3H3. The number of benzene rings is 1. The van der Waals surface area contributed by atoms with Gasteiger partial charge in [0, 0.05) is 10.6 Å². The van der Waals surface area contributed by atoms with E-state index in [-0.39, 0.29) is 5.82 Å². The number of rotatable bonds is 2. The van der Waals surface area contributed by atoms with Crippen LogP contribution in [-0.2, 0) is 0 Å². The van der Waals surface area contributed by atoms with E-state index in [4.69, 9.17) is 21.8 Å². The van der Waals surface area contributed by atoms with Gasteiger partial charge in [0.15, 0.2) is 0 Å². The van der Waals surface area contributed by atoms with Gasteiger partial charge in [-0.3, -0.25) is 0 Å². The third kappa shape index (κ3) is 2.16. The van der Waals surface area contributed by atoms with Crippen LogP contribution in [0.1, 0.15) is 34.3 Å². The molecule has 1 atom stereocenters. The summed E-state index contributed by atoms with van der Waals surface area (Å²) in [5, 5.41) is 0.460. The number of hydrogen-bond acceptors (Lipinski definition) is 2. The Morgan fingerprint density at radius 1 is 1.22 bits per heavy atom. The van der Waals surface area contributed by atoms with E-state index in [1.54, 1.807) is 0 Å². The predicted molar refractivity (Wildman–Crippen MR) is 70.4 cm³/mol. The van der Waals surface area contributed by atoms with E-state index in [1.807, 2.05) is 20.8 Å². The lowest BCUT2D eigenvalue weighted by molar-refractivity contribution is 0.498. The van der Waals surface area contributed by atoms with E-state index >= 15 is 0 Å². The Morgan fingerprint density at radius 2 is 1.89 bits per heavy atom. The van der Waals surface area contributed by atoms with Crippen LogP contribution in [0.2, 0.25) is 5.02 Å². The van der Waals surface area contributed by atoms with Crippen molar-refractivity contribution in [2.75, 3.05) is 0 Å². The highest BCUT2D eigenvalue weighted by molar-refractivity contribution is 6.31. The van der Waals surface area contributed by atoms with Crippen molar-refractivity contribution in [3.63, 3.8) is 0 Å². The lowest BCUT2D eigenvalue weighted by Gasteiger charge is -2.14. The second-order valence-corrected chi connectivity index (χ2v) is 4.80. The maximum absolute atomic E-state index is 13.3. The zero-order valence-corrected chi connectivity index (χ0v) is 11.3. The fourth-order valence-electron chi connectivity index (χ4n) is 2.18. The van der Waals surface area contributed by atoms with Crippen LogP contribution >= 0.6 is 11.6 Å². The number of furan rings is 1. The molecule has 0 spiro atoms. The molecule has 1 aromatic heterocycles. The molecule has 0 saturated carbocycles. The topological polar surface area (TPSA) is 39.2 Å². The maximum Gasteiger partial charge on any atom is 0.123 e. The molecule has 0 bridgehead atoms. The first-order valence-corrected chi connectivity index (χ1v) is 6.06. The minimum absolute atomic E-state index is 0.347. The Morgan fingerprint density at radius 3 is 2.44 bits per heavy atom. The van der Waals surface area contributed by atoms with Crippen LogP contribution in [-0.4, -0.2) is 0 Å². The van der Waals surface area contributed by atoms with Crippen LogP contribution in [0.4, 0.5) is 4.39 Å². The second-order valence-electron chi connectivity index (χ2n) is 4.40. The van der Waals surface area contributed by atoms with E-state index in [1.165, 1.54) is 18.2 Å². The van der Waals surface area contributed by atoms with Gasteiger partial charge in [0.2, 0.25) is 0 Å². The molecule has 0 aliphatic heterocycles. The smallest absolute Gasteiger partial charge is 0.123 e. The summed E-state index contributed by atoms with van der Waals surface area (Å²) >= 11 is 6.08. The summed E-state index contributed by atoms with van der Waals surface area (Å²) in [6.45, 7) is 5.67. The van der Waals surface area contributed by atoms with Gasteiger partial charge in [0.1, 0.15) is 17.3 Å². The van der Waals surface area contributed by atoms with Gasteiger partial charge in [0.25, 0.3) is 0 Å². The van der Waals surface area contributed by atoms with Crippen molar-refractivity contribution in [1.29, 1.82) is 0 Å². The molecule has 0 radical (unpaired) electrons. The van der Waals surface area contributed by atoms with Gasteiger partial charge >= 0.3 is 0 Å². The zero-order valence-electron chi connectivity index (χ0n) is 10.6. The maximum atomic E-state index is 13.3. The Labute approximate surface area is 111 Å². The first-order valence-electron chi connectivity index (χ1n) is 5.68. The highest BCUT2D eigenvalue weighted by Gasteiger charge is 2.21. The summed E-state index contributed by atoms with van der Waals surface area (Å²) in [5.41, 5.74) is 8.62. The summed E-state index contributed by atoms with van der Waals surface area (Å²) in [6.07, 6.45) is 0. The summed E-state index contributed by atoms with van der Waals surface area (Å²) in [5.74, 6) is 1.23. The number of nitrogens with two attached hydrogens (primary N) is 1. The lowest BCUT2D eigenvalue weighted by Crippen LogP contribution is -2.14. The van der Waals surface area contributed by atoms with Crippen LogP contribution in [0.5, 0.6) is 0 Å². The molecule has 0 aliphatic rings. The van der Waals surface area contributed by atoms with Crippen LogP contribution in [0.3, 0.4) is 0 Å². The average molecular weight is 268 g/mol. The number of aryl methyl sites for hydroxylation is 2. The molecule has 96 valence electrons. The highest BCUT2D eigenvalue weighted by Crippen LogP contribution is 2.33. The molecular weight excluding hydrogens is 253 g/mol. The first kappa shape index (κ1) is 13.1. The van der Waals surface area contributed by atoms with Crippen LogP contribution in [0.15, 0.2) is 22.6 Å². The molecule has 2 rings (SSSR count). The fourth-order valence-corrected chi connectivity index (χ4v) is 2.41. The summed E-state index contributed by atoms with van der Waals surface area (Å²) < 4.78 is 18.8. The number of hydrogen-bond donors (Lipinski definition) is 1. The summed E-state index contributed by atoms with van der Waals surface area (Å²) in [7, 11) is 0.